The maximum atomic E-state index is 14.1. The zero-order valence-electron chi connectivity index (χ0n) is 30.1. The van der Waals surface area contributed by atoms with Crippen molar-refractivity contribution in [1.29, 1.82) is 0 Å². The van der Waals surface area contributed by atoms with Crippen LogP contribution in [0.4, 0.5) is 9.59 Å². The average Bonchev–Trinajstić information content (AvgIpc) is 3.46. The highest BCUT2D eigenvalue weighted by molar-refractivity contribution is 5.96. The minimum absolute atomic E-state index is 0.0351. The molecule has 2 fully saturated rings. The Labute approximate surface area is 307 Å². The van der Waals surface area contributed by atoms with Gasteiger partial charge in [-0.05, 0) is 75.0 Å². The Kier molecular flexibility index (Phi) is 11.2. The van der Waals surface area contributed by atoms with Crippen LogP contribution in [0.1, 0.15) is 63.0 Å². The molecule has 1 aromatic carbocycles. The predicted molar refractivity (Wildman–Crippen MR) is 189 cm³/mol. The van der Waals surface area contributed by atoms with E-state index in [2.05, 4.69) is 21.7 Å². The first-order valence-electron chi connectivity index (χ1n) is 18.3. The molecule has 7 N–H and O–H groups in total. The molecule has 5 aliphatic rings. The van der Waals surface area contributed by atoms with Crippen molar-refractivity contribution in [1.82, 2.24) is 20.4 Å². The molecule has 0 aromatic heterocycles. The summed E-state index contributed by atoms with van der Waals surface area (Å²) in [4.78, 5) is 70.7. The van der Waals surface area contributed by atoms with E-state index in [0.29, 0.717) is 29.8 Å². The number of aliphatic carboxylic acids is 1. The zero-order valence-corrected chi connectivity index (χ0v) is 30.1. The molecule has 1 spiro atoms. The summed E-state index contributed by atoms with van der Waals surface area (Å²) in [5.41, 5.74) is 12.9. The lowest BCUT2D eigenvalue weighted by molar-refractivity contribution is -0.141. The van der Waals surface area contributed by atoms with Crippen LogP contribution >= 0.6 is 0 Å². The number of rotatable bonds is 13. The van der Waals surface area contributed by atoms with Crippen LogP contribution in [0, 0.1) is 11.8 Å². The molecule has 0 radical (unpaired) electrons. The van der Waals surface area contributed by atoms with E-state index in [1.54, 1.807) is 14.0 Å². The van der Waals surface area contributed by atoms with E-state index >= 15 is 0 Å². The standard InChI is InChI=1S/C36H49N7O10/c1-3-51-34(48)42-14-15-43(22(19-42)18-40-32(47)24(7-5-13-39-33(37)38)41-27(44)17-28(45)46)35(49)52-26-11-9-23-20-6-4-12-36(23)29-21(16-20)8-10-25(50-2)30(29)53-31(26)36/h8,10-11,20,22-24,31H,3-7,9,12-19H2,1-2H3,(H,40,47)(H,41,44)(H,45,46)(H4,37,38,39)/t20-,22+,23+,24+,31+,36+/m1/s1. The lowest BCUT2D eigenvalue weighted by atomic mass is 9.49. The van der Waals surface area contributed by atoms with E-state index in [4.69, 9.17) is 35.5 Å². The Morgan fingerprint density at radius 2 is 1.98 bits per heavy atom. The van der Waals surface area contributed by atoms with Gasteiger partial charge in [-0.3, -0.25) is 24.3 Å². The van der Waals surface area contributed by atoms with Gasteiger partial charge in [0.1, 0.15) is 18.2 Å². The number of hydrogen-bond donors (Lipinski definition) is 5. The summed E-state index contributed by atoms with van der Waals surface area (Å²) in [5, 5.41) is 14.3. The Balaban J connectivity index is 1.19. The second-order valence-electron chi connectivity index (χ2n) is 14.2. The molecule has 1 saturated carbocycles. The van der Waals surface area contributed by atoms with Crippen molar-refractivity contribution in [3.8, 4) is 11.5 Å². The molecule has 2 bridgehead atoms. The number of ether oxygens (including phenoxy) is 4. The van der Waals surface area contributed by atoms with Crippen molar-refractivity contribution in [3.05, 3.63) is 35.1 Å². The van der Waals surface area contributed by atoms with E-state index < -0.39 is 54.6 Å². The fourth-order valence-electron chi connectivity index (χ4n) is 9.01. The third-order valence-corrected chi connectivity index (χ3v) is 11.2. The number of amides is 4. The monoisotopic (exact) mass is 739 g/mol. The Bertz CT molecular complexity index is 1680. The summed E-state index contributed by atoms with van der Waals surface area (Å²) in [7, 11) is 1.62. The Morgan fingerprint density at radius 1 is 1.17 bits per heavy atom. The number of guanidine groups is 1. The highest BCUT2D eigenvalue weighted by Gasteiger charge is 2.64. The maximum absolute atomic E-state index is 14.1. The minimum atomic E-state index is -1.35. The maximum Gasteiger partial charge on any atom is 0.415 e. The first-order chi connectivity index (χ1) is 25.5. The van der Waals surface area contributed by atoms with Crippen molar-refractivity contribution in [2.24, 2.45) is 28.3 Å². The molecule has 1 saturated heterocycles. The van der Waals surface area contributed by atoms with Crippen LogP contribution in [-0.2, 0) is 35.7 Å². The minimum Gasteiger partial charge on any atom is -0.493 e. The third-order valence-electron chi connectivity index (χ3n) is 11.2. The van der Waals surface area contributed by atoms with E-state index in [0.717, 1.165) is 37.9 Å². The van der Waals surface area contributed by atoms with Crippen LogP contribution < -0.4 is 31.6 Å². The number of piperazine rings is 1. The van der Waals surface area contributed by atoms with Crippen molar-refractivity contribution >= 4 is 35.9 Å². The zero-order chi connectivity index (χ0) is 37.9. The fraction of sp³-hybridized carbons (Fsp3) is 0.611. The molecule has 6 atom stereocenters. The molecule has 288 valence electrons. The molecule has 17 heteroatoms. The predicted octanol–water partition coefficient (Wildman–Crippen LogP) is 1.36. The van der Waals surface area contributed by atoms with Crippen LogP contribution in [0.2, 0.25) is 0 Å². The number of methoxy groups -OCH3 is 1. The number of hydrogen-bond acceptors (Lipinski definition) is 10. The lowest BCUT2D eigenvalue weighted by Gasteiger charge is -2.54. The quantitative estimate of drug-likeness (QED) is 0.0835. The van der Waals surface area contributed by atoms with Crippen LogP contribution in [0.3, 0.4) is 0 Å². The SMILES string of the molecule is CCOC(=O)N1CCN(C(=O)OC2=CC[C@H]3[C@@H]4CCC[C@@]35c3c(ccc(OC)c3O[C@@H]25)C4)[C@@H](CNC(=O)[C@H](CCCN=C(N)N)NC(=O)CC(=O)O)C1. The van der Waals surface area contributed by atoms with E-state index in [9.17, 15) is 24.0 Å². The molecule has 0 unspecified atom stereocenters. The molecule has 4 amide bonds. The number of carbonyl (C=O) groups excluding carboxylic acids is 4. The van der Waals surface area contributed by atoms with Crippen LogP contribution in [0.5, 0.6) is 11.5 Å². The molecule has 6 rings (SSSR count). The van der Waals surface area contributed by atoms with E-state index in [-0.39, 0.29) is 57.1 Å². The summed E-state index contributed by atoms with van der Waals surface area (Å²) in [5.74, 6) is -0.267. The fourth-order valence-corrected chi connectivity index (χ4v) is 9.01. The molecule has 2 heterocycles. The van der Waals surface area contributed by atoms with Gasteiger partial charge >= 0.3 is 18.2 Å². The number of aliphatic imine (C=N–C) groups is 1. The number of carboxylic acids is 1. The van der Waals surface area contributed by atoms with Gasteiger partial charge in [0, 0.05) is 43.7 Å². The van der Waals surface area contributed by atoms with Gasteiger partial charge in [-0.1, -0.05) is 12.5 Å². The number of benzene rings is 1. The molecular weight excluding hydrogens is 690 g/mol. The number of nitrogens with one attached hydrogen (secondary N) is 2. The van der Waals surface area contributed by atoms with Crippen molar-refractivity contribution in [3.63, 3.8) is 0 Å². The van der Waals surface area contributed by atoms with Gasteiger partial charge in [0.15, 0.2) is 23.6 Å². The summed E-state index contributed by atoms with van der Waals surface area (Å²) in [6, 6.07) is 2.23. The summed E-state index contributed by atoms with van der Waals surface area (Å²) in [6.07, 6.45) is 4.68. The van der Waals surface area contributed by atoms with Crippen molar-refractivity contribution in [2.45, 2.75) is 81.9 Å². The van der Waals surface area contributed by atoms with E-state index in [1.807, 2.05) is 12.1 Å². The lowest BCUT2D eigenvalue weighted by Crippen LogP contribution is -2.61. The number of nitrogens with zero attached hydrogens (tertiary/aromatic N) is 3. The Hall–Kier alpha value is -5.22. The normalized spacial score (nSPS) is 25.4. The number of carbonyl (C=O) groups is 5. The number of carboxylic acid groups (broad SMARTS) is 1. The summed E-state index contributed by atoms with van der Waals surface area (Å²) in [6.45, 7) is 2.24. The molecule has 2 aliphatic heterocycles. The number of allylic oxidation sites excluding steroid dienone is 1. The third kappa shape index (κ3) is 7.51. The second-order valence-corrected chi connectivity index (χ2v) is 14.2. The van der Waals surface area contributed by atoms with Crippen molar-refractivity contribution in [2.75, 3.05) is 46.4 Å². The van der Waals surface area contributed by atoms with Crippen LogP contribution in [-0.4, -0.2) is 115 Å². The van der Waals surface area contributed by atoms with E-state index in [1.165, 1.54) is 20.9 Å². The van der Waals surface area contributed by atoms with Crippen LogP contribution in [0.15, 0.2) is 29.0 Å². The average molecular weight is 740 g/mol. The first-order valence-corrected chi connectivity index (χ1v) is 18.3. The molecule has 53 heavy (non-hydrogen) atoms. The first kappa shape index (κ1) is 37.5. The topological polar surface area (TPSA) is 237 Å². The molecular formula is C36H49N7O10. The van der Waals surface area contributed by atoms with Gasteiger partial charge in [0.2, 0.25) is 11.8 Å². The van der Waals surface area contributed by atoms with Gasteiger partial charge in [0.05, 0.1) is 19.8 Å². The van der Waals surface area contributed by atoms with Crippen molar-refractivity contribution < 1.29 is 48.0 Å². The van der Waals surface area contributed by atoms with Gasteiger partial charge in [-0.2, -0.15) is 0 Å². The van der Waals surface area contributed by atoms with Gasteiger partial charge < -0.3 is 51.1 Å². The summed E-state index contributed by atoms with van der Waals surface area (Å²) < 4.78 is 23.9. The largest absolute Gasteiger partial charge is 0.493 e. The molecule has 17 nitrogen and oxygen atoms in total. The van der Waals surface area contributed by atoms with Gasteiger partial charge in [-0.15, -0.1) is 0 Å². The second kappa shape index (κ2) is 15.8. The Morgan fingerprint density at radius 3 is 2.72 bits per heavy atom. The van der Waals surface area contributed by atoms with Crippen LogP contribution in [0.25, 0.3) is 0 Å². The van der Waals surface area contributed by atoms with Gasteiger partial charge in [0.25, 0.3) is 0 Å². The smallest absolute Gasteiger partial charge is 0.415 e. The summed E-state index contributed by atoms with van der Waals surface area (Å²) >= 11 is 0. The highest BCUT2D eigenvalue weighted by Crippen LogP contribution is 2.65. The molecule has 1 aromatic rings. The van der Waals surface area contributed by atoms with Gasteiger partial charge in [-0.25, -0.2) is 9.59 Å². The highest BCUT2D eigenvalue weighted by atomic mass is 16.6. The molecule has 3 aliphatic carbocycles. The number of nitrogens with two attached hydrogens (primary N) is 2.